The number of benzene rings is 1. The minimum absolute atomic E-state index is 0.0505. The van der Waals surface area contributed by atoms with E-state index in [1.54, 1.807) is 12.1 Å². The highest BCUT2D eigenvalue weighted by atomic mass is 19.1. The molecule has 1 aromatic carbocycles. The summed E-state index contributed by atoms with van der Waals surface area (Å²) < 4.78 is 13.5. The van der Waals surface area contributed by atoms with Gasteiger partial charge in [-0.2, -0.15) is 0 Å². The lowest BCUT2D eigenvalue weighted by atomic mass is 9.95. The first-order chi connectivity index (χ1) is 9.02. The zero-order valence-corrected chi connectivity index (χ0v) is 12.1. The summed E-state index contributed by atoms with van der Waals surface area (Å²) in [4.78, 5) is 2.45. The van der Waals surface area contributed by atoms with Gasteiger partial charge in [0.2, 0.25) is 0 Å². The van der Waals surface area contributed by atoms with Crippen molar-refractivity contribution in [3.05, 3.63) is 35.6 Å². The normalized spacial score (nSPS) is 27.4. The molecule has 0 bridgehead atoms. The molecule has 1 aromatic rings. The minimum atomic E-state index is -0.175. The van der Waals surface area contributed by atoms with Crippen LogP contribution in [0.1, 0.15) is 45.2 Å². The van der Waals surface area contributed by atoms with Crippen LogP contribution < -0.4 is 5.73 Å². The van der Waals surface area contributed by atoms with Gasteiger partial charge in [0.15, 0.2) is 0 Å². The lowest BCUT2D eigenvalue weighted by Gasteiger charge is -2.35. The van der Waals surface area contributed by atoms with Crippen LogP contribution in [0.5, 0.6) is 0 Å². The van der Waals surface area contributed by atoms with Crippen molar-refractivity contribution < 1.29 is 4.39 Å². The molecular weight excluding hydrogens is 239 g/mol. The maximum absolute atomic E-state index is 13.5. The molecule has 19 heavy (non-hydrogen) atoms. The summed E-state index contributed by atoms with van der Waals surface area (Å²) in [5, 5.41) is 0. The van der Waals surface area contributed by atoms with Crippen LogP contribution in [0.4, 0.5) is 4.39 Å². The zero-order chi connectivity index (χ0) is 14.0. The van der Waals surface area contributed by atoms with E-state index in [1.165, 1.54) is 12.5 Å². The van der Waals surface area contributed by atoms with E-state index in [4.69, 9.17) is 5.73 Å². The van der Waals surface area contributed by atoms with Crippen molar-refractivity contribution in [2.75, 3.05) is 6.54 Å². The Bertz CT molecular complexity index is 421. The molecule has 2 nitrogen and oxygen atoms in total. The standard InChI is InChI=1S/C16H25FN2/c1-4-15(18)16(13-6-5-7-14(17)9-13)19-10-11(2)8-12(19)3/h5-7,9,11-12,15-16H,4,8,10,18H2,1-3H3. The highest BCUT2D eigenvalue weighted by molar-refractivity contribution is 5.22. The Kier molecular flexibility index (Phi) is 4.58. The smallest absolute Gasteiger partial charge is 0.123 e. The van der Waals surface area contributed by atoms with Crippen LogP contribution in [0.2, 0.25) is 0 Å². The highest BCUT2D eigenvalue weighted by Gasteiger charge is 2.35. The predicted octanol–water partition coefficient (Wildman–Crippen LogP) is 3.33. The molecule has 0 aromatic heterocycles. The van der Waals surface area contributed by atoms with E-state index in [2.05, 4.69) is 25.7 Å². The second kappa shape index (κ2) is 6.02. The number of hydrogen-bond acceptors (Lipinski definition) is 2. The van der Waals surface area contributed by atoms with Gasteiger partial charge in [-0.05, 0) is 43.4 Å². The van der Waals surface area contributed by atoms with Gasteiger partial charge >= 0.3 is 0 Å². The Morgan fingerprint density at radius 3 is 2.68 bits per heavy atom. The molecule has 0 amide bonds. The van der Waals surface area contributed by atoms with Crippen molar-refractivity contribution in [1.29, 1.82) is 0 Å². The van der Waals surface area contributed by atoms with Gasteiger partial charge in [0.05, 0.1) is 6.04 Å². The number of nitrogens with two attached hydrogens (primary N) is 1. The number of rotatable bonds is 4. The van der Waals surface area contributed by atoms with Crippen LogP contribution >= 0.6 is 0 Å². The molecule has 2 N–H and O–H groups in total. The van der Waals surface area contributed by atoms with Crippen molar-refractivity contribution in [3.8, 4) is 0 Å². The van der Waals surface area contributed by atoms with E-state index >= 15 is 0 Å². The molecule has 106 valence electrons. The minimum Gasteiger partial charge on any atom is -0.326 e. The highest BCUT2D eigenvalue weighted by Crippen LogP contribution is 2.34. The van der Waals surface area contributed by atoms with Crippen LogP contribution in [0.25, 0.3) is 0 Å². The number of nitrogens with zero attached hydrogens (tertiary/aromatic N) is 1. The Labute approximate surface area is 115 Å². The van der Waals surface area contributed by atoms with Gasteiger partial charge in [-0.15, -0.1) is 0 Å². The largest absolute Gasteiger partial charge is 0.326 e. The molecule has 1 aliphatic rings. The molecular formula is C16H25FN2. The van der Waals surface area contributed by atoms with Gasteiger partial charge in [-0.25, -0.2) is 4.39 Å². The molecule has 0 aliphatic carbocycles. The van der Waals surface area contributed by atoms with Crippen LogP contribution in [0, 0.1) is 11.7 Å². The van der Waals surface area contributed by atoms with Crippen molar-refractivity contribution in [2.24, 2.45) is 11.7 Å². The molecule has 0 saturated carbocycles. The Morgan fingerprint density at radius 1 is 1.42 bits per heavy atom. The summed E-state index contributed by atoms with van der Waals surface area (Å²) in [5.41, 5.74) is 7.33. The number of hydrogen-bond donors (Lipinski definition) is 1. The maximum Gasteiger partial charge on any atom is 0.123 e. The van der Waals surface area contributed by atoms with E-state index in [0.717, 1.165) is 18.5 Å². The molecule has 1 fully saturated rings. The molecule has 1 heterocycles. The van der Waals surface area contributed by atoms with Gasteiger partial charge < -0.3 is 5.73 Å². The molecule has 0 spiro atoms. The number of halogens is 1. The summed E-state index contributed by atoms with van der Waals surface area (Å²) >= 11 is 0. The van der Waals surface area contributed by atoms with E-state index < -0.39 is 0 Å². The van der Waals surface area contributed by atoms with Crippen LogP contribution in [0.15, 0.2) is 24.3 Å². The van der Waals surface area contributed by atoms with Gasteiger partial charge in [0.25, 0.3) is 0 Å². The molecule has 3 heteroatoms. The first-order valence-corrected chi connectivity index (χ1v) is 7.29. The second-order valence-electron chi connectivity index (χ2n) is 5.96. The third-order valence-electron chi connectivity index (χ3n) is 4.26. The quantitative estimate of drug-likeness (QED) is 0.903. The maximum atomic E-state index is 13.5. The van der Waals surface area contributed by atoms with E-state index in [1.807, 2.05) is 6.07 Å². The monoisotopic (exact) mass is 264 g/mol. The Balaban J connectivity index is 2.31. The molecule has 2 rings (SSSR count). The lowest BCUT2D eigenvalue weighted by Crippen LogP contribution is -2.42. The van der Waals surface area contributed by atoms with Gasteiger partial charge in [-0.1, -0.05) is 26.0 Å². The van der Waals surface area contributed by atoms with Gasteiger partial charge in [0, 0.05) is 18.6 Å². The molecule has 1 aliphatic heterocycles. The SMILES string of the molecule is CCC(N)C(c1cccc(F)c1)N1CC(C)CC1C. The molecule has 4 atom stereocenters. The molecule has 0 radical (unpaired) electrons. The summed E-state index contributed by atoms with van der Waals surface area (Å²) in [6.45, 7) is 7.67. The van der Waals surface area contributed by atoms with Crippen molar-refractivity contribution in [1.82, 2.24) is 4.90 Å². The van der Waals surface area contributed by atoms with Gasteiger partial charge in [0.1, 0.15) is 5.82 Å². The van der Waals surface area contributed by atoms with Crippen LogP contribution in [-0.2, 0) is 0 Å². The van der Waals surface area contributed by atoms with Crippen LogP contribution in [0.3, 0.4) is 0 Å². The third kappa shape index (κ3) is 3.15. The van der Waals surface area contributed by atoms with Crippen molar-refractivity contribution in [2.45, 2.75) is 51.7 Å². The summed E-state index contributed by atoms with van der Waals surface area (Å²) in [7, 11) is 0. The van der Waals surface area contributed by atoms with E-state index in [9.17, 15) is 4.39 Å². The second-order valence-corrected chi connectivity index (χ2v) is 5.96. The first kappa shape index (κ1) is 14.5. The van der Waals surface area contributed by atoms with E-state index in [0.29, 0.717) is 12.0 Å². The summed E-state index contributed by atoms with van der Waals surface area (Å²) in [6.07, 6.45) is 2.10. The Hall–Kier alpha value is -0.930. The van der Waals surface area contributed by atoms with Crippen LogP contribution in [-0.4, -0.2) is 23.5 Å². The summed E-state index contributed by atoms with van der Waals surface area (Å²) in [5.74, 6) is 0.515. The summed E-state index contributed by atoms with van der Waals surface area (Å²) in [6, 6.07) is 7.60. The average Bonchev–Trinajstić information content (AvgIpc) is 2.69. The first-order valence-electron chi connectivity index (χ1n) is 7.29. The van der Waals surface area contributed by atoms with Crippen molar-refractivity contribution in [3.63, 3.8) is 0 Å². The van der Waals surface area contributed by atoms with E-state index in [-0.39, 0.29) is 17.9 Å². The number of likely N-dealkylation sites (tertiary alicyclic amines) is 1. The molecule has 1 saturated heterocycles. The Morgan fingerprint density at radius 2 is 2.16 bits per heavy atom. The predicted molar refractivity (Wildman–Crippen MR) is 77.4 cm³/mol. The fourth-order valence-electron chi connectivity index (χ4n) is 3.32. The third-order valence-corrected chi connectivity index (χ3v) is 4.26. The molecule has 4 unspecified atom stereocenters. The lowest BCUT2D eigenvalue weighted by molar-refractivity contribution is 0.160. The topological polar surface area (TPSA) is 29.3 Å². The fourth-order valence-corrected chi connectivity index (χ4v) is 3.32. The average molecular weight is 264 g/mol. The fraction of sp³-hybridized carbons (Fsp3) is 0.625. The van der Waals surface area contributed by atoms with Gasteiger partial charge in [-0.3, -0.25) is 4.90 Å². The van der Waals surface area contributed by atoms with Crippen molar-refractivity contribution >= 4 is 0 Å². The zero-order valence-electron chi connectivity index (χ0n) is 12.1.